The van der Waals surface area contributed by atoms with E-state index >= 15 is 0 Å². The fraction of sp³-hybridized carbons (Fsp3) is 0.0952. The number of hydrogen-bond acceptors (Lipinski definition) is 6. The van der Waals surface area contributed by atoms with Crippen LogP contribution >= 0.6 is 0 Å². The maximum atomic E-state index is 12.3. The zero-order valence-corrected chi connectivity index (χ0v) is 15.2. The van der Waals surface area contributed by atoms with Crippen LogP contribution in [0.3, 0.4) is 0 Å². The maximum absolute atomic E-state index is 12.3. The van der Waals surface area contributed by atoms with E-state index in [1.54, 1.807) is 54.7 Å². The molecule has 0 spiro atoms. The molecule has 8 heteroatoms. The van der Waals surface area contributed by atoms with Crippen LogP contribution in [0.5, 0.6) is 11.6 Å². The number of hydrogen-bond donors (Lipinski definition) is 1. The molecule has 1 aliphatic heterocycles. The highest BCUT2D eigenvalue weighted by Crippen LogP contribution is 2.23. The molecule has 4 rings (SSSR count). The van der Waals surface area contributed by atoms with Crippen molar-refractivity contribution in [2.24, 2.45) is 0 Å². The predicted molar refractivity (Wildman–Crippen MR) is 104 cm³/mol. The lowest BCUT2D eigenvalue weighted by atomic mass is 10.1. The Morgan fingerprint density at radius 3 is 2.28 bits per heavy atom. The molecule has 1 aliphatic rings. The van der Waals surface area contributed by atoms with Crippen LogP contribution in [0.4, 0.5) is 5.69 Å². The summed E-state index contributed by atoms with van der Waals surface area (Å²) in [6.07, 6.45) is 4.57. The topological polar surface area (TPSA) is 101 Å². The summed E-state index contributed by atoms with van der Waals surface area (Å²) in [6.45, 7) is 0.0199. The van der Waals surface area contributed by atoms with E-state index in [-0.39, 0.29) is 30.7 Å². The van der Waals surface area contributed by atoms with Crippen LogP contribution in [-0.2, 0) is 4.79 Å². The predicted octanol–water partition coefficient (Wildman–Crippen LogP) is 2.89. The van der Waals surface area contributed by atoms with Crippen molar-refractivity contribution in [2.45, 2.75) is 6.42 Å². The summed E-state index contributed by atoms with van der Waals surface area (Å²) in [5.41, 5.74) is 1.32. The molecular weight excluding hydrogens is 372 g/mol. The standard InChI is InChI=1S/C21H16N4O4/c26-18(9-12-25-20(27)16-3-1-2-4-17(16)21(25)28)24-14-5-7-15(8-6-14)29-19-13-22-10-11-23-19/h1-8,10-11,13H,9,12H2,(H,24,26). The minimum atomic E-state index is -0.371. The average Bonchev–Trinajstić information content (AvgIpc) is 2.99. The lowest BCUT2D eigenvalue weighted by molar-refractivity contribution is -0.116. The van der Waals surface area contributed by atoms with E-state index in [1.165, 1.54) is 12.4 Å². The molecule has 0 saturated heterocycles. The van der Waals surface area contributed by atoms with Crippen LogP contribution in [0.1, 0.15) is 27.1 Å². The molecule has 3 amide bonds. The van der Waals surface area contributed by atoms with Gasteiger partial charge >= 0.3 is 0 Å². The molecule has 1 N–H and O–H groups in total. The van der Waals surface area contributed by atoms with Crippen LogP contribution in [-0.4, -0.2) is 39.1 Å². The van der Waals surface area contributed by atoms with E-state index < -0.39 is 0 Å². The lowest BCUT2D eigenvalue weighted by Crippen LogP contribution is -2.32. The summed E-state index contributed by atoms with van der Waals surface area (Å²) >= 11 is 0. The van der Waals surface area contributed by atoms with Gasteiger partial charge in [-0.1, -0.05) is 12.1 Å². The summed E-state index contributed by atoms with van der Waals surface area (Å²) in [7, 11) is 0. The first kappa shape index (κ1) is 18.3. The molecule has 3 aromatic rings. The fourth-order valence-electron chi connectivity index (χ4n) is 2.94. The second-order valence-electron chi connectivity index (χ2n) is 6.28. The fourth-order valence-corrected chi connectivity index (χ4v) is 2.94. The smallest absolute Gasteiger partial charge is 0.261 e. The van der Waals surface area contributed by atoms with Gasteiger partial charge in [-0.05, 0) is 36.4 Å². The molecule has 0 fully saturated rings. The van der Waals surface area contributed by atoms with E-state index in [0.29, 0.717) is 28.4 Å². The minimum absolute atomic E-state index is 0.00330. The molecule has 0 saturated carbocycles. The van der Waals surface area contributed by atoms with Gasteiger partial charge < -0.3 is 10.1 Å². The molecule has 2 heterocycles. The number of carbonyl (C=O) groups is 3. The Morgan fingerprint density at radius 2 is 1.66 bits per heavy atom. The van der Waals surface area contributed by atoms with Crippen molar-refractivity contribution in [1.82, 2.24) is 14.9 Å². The highest BCUT2D eigenvalue weighted by molar-refractivity contribution is 6.21. The molecule has 144 valence electrons. The van der Waals surface area contributed by atoms with Crippen LogP contribution < -0.4 is 10.1 Å². The number of imide groups is 1. The SMILES string of the molecule is O=C(CCN1C(=O)c2ccccc2C1=O)Nc1ccc(Oc2cnccn2)cc1. The first-order valence-electron chi connectivity index (χ1n) is 8.91. The van der Waals surface area contributed by atoms with Crippen LogP contribution in [0.15, 0.2) is 67.1 Å². The molecule has 0 radical (unpaired) electrons. The summed E-state index contributed by atoms with van der Waals surface area (Å²) in [5.74, 6) is -0.128. The highest BCUT2D eigenvalue weighted by Gasteiger charge is 2.34. The number of nitrogens with zero attached hydrogens (tertiary/aromatic N) is 3. The van der Waals surface area contributed by atoms with Gasteiger partial charge in [0.25, 0.3) is 11.8 Å². The zero-order valence-electron chi connectivity index (χ0n) is 15.2. The summed E-state index contributed by atoms with van der Waals surface area (Å²) in [5, 5.41) is 2.74. The number of rotatable bonds is 6. The normalized spacial score (nSPS) is 12.6. The number of carbonyl (C=O) groups excluding carboxylic acids is 3. The summed E-state index contributed by atoms with van der Waals surface area (Å²) < 4.78 is 5.54. The zero-order chi connectivity index (χ0) is 20.2. The first-order chi connectivity index (χ1) is 14.1. The van der Waals surface area contributed by atoms with Crippen molar-refractivity contribution in [2.75, 3.05) is 11.9 Å². The second kappa shape index (κ2) is 7.89. The maximum Gasteiger partial charge on any atom is 0.261 e. The largest absolute Gasteiger partial charge is 0.438 e. The number of nitrogens with one attached hydrogen (secondary N) is 1. The third-order valence-corrected chi connectivity index (χ3v) is 4.34. The van der Waals surface area contributed by atoms with E-state index in [4.69, 9.17) is 4.74 Å². The number of aromatic nitrogens is 2. The van der Waals surface area contributed by atoms with Crippen LogP contribution in [0.25, 0.3) is 0 Å². The number of benzene rings is 2. The number of ether oxygens (including phenoxy) is 1. The number of anilines is 1. The third kappa shape index (κ3) is 3.96. The van der Waals surface area contributed by atoms with Crippen LogP contribution in [0, 0.1) is 0 Å². The molecule has 8 nitrogen and oxygen atoms in total. The third-order valence-electron chi connectivity index (χ3n) is 4.34. The molecular formula is C21H16N4O4. The van der Waals surface area contributed by atoms with E-state index in [9.17, 15) is 14.4 Å². The van der Waals surface area contributed by atoms with Gasteiger partial charge in [0.15, 0.2) is 0 Å². The average molecular weight is 388 g/mol. The van der Waals surface area contributed by atoms with Gasteiger partial charge in [0.1, 0.15) is 5.75 Å². The van der Waals surface area contributed by atoms with E-state index in [1.807, 2.05) is 0 Å². The van der Waals surface area contributed by atoms with Crippen molar-refractivity contribution in [1.29, 1.82) is 0 Å². The van der Waals surface area contributed by atoms with Crippen LogP contribution in [0.2, 0.25) is 0 Å². The van der Waals surface area contributed by atoms with Crippen molar-refractivity contribution >= 4 is 23.4 Å². The van der Waals surface area contributed by atoms with E-state index in [2.05, 4.69) is 15.3 Å². The van der Waals surface area contributed by atoms with Crippen molar-refractivity contribution in [3.05, 3.63) is 78.2 Å². The monoisotopic (exact) mass is 388 g/mol. The molecule has 2 aromatic carbocycles. The number of amides is 3. The van der Waals surface area contributed by atoms with Gasteiger partial charge in [-0.3, -0.25) is 24.3 Å². The van der Waals surface area contributed by atoms with Gasteiger partial charge in [-0.2, -0.15) is 0 Å². The van der Waals surface area contributed by atoms with Crippen molar-refractivity contribution < 1.29 is 19.1 Å². The molecule has 0 atom stereocenters. The summed E-state index contributed by atoms with van der Waals surface area (Å²) in [6, 6.07) is 13.4. The minimum Gasteiger partial charge on any atom is -0.438 e. The second-order valence-corrected chi connectivity index (χ2v) is 6.28. The Bertz CT molecular complexity index is 1030. The molecule has 0 bridgehead atoms. The van der Waals surface area contributed by atoms with Crippen molar-refractivity contribution in [3.63, 3.8) is 0 Å². The summed E-state index contributed by atoms with van der Waals surface area (Å²) in [4.78, 5) is 45.9. The quantitative estimate of drug-likeness (QED) is 0.652. The Morgan fingerprint density at radius 1 is 0.966 bits per heavy atom. The molecule has 1 aromatic heterocycles. The first-order valence-corrected chi connectivity index (χ1v) is 8.91. The van der Waals surface area contributed by atoms with Gasteiger partial charge in [-0.15, -0.1) is 0 Å². The molecule has 29 heavy (non-hydrogen) atoms. The van der Waals surface area contributed by atoms with Gasteiger partial charge in [0, 0.05) is 31.0 Å². The van der Waals surface area contributed by atoms with Crippen molar-refractivity contribution in [3.8, 4) is 11.6 Å². The van der Waals surface area contributed by atoms with Gasteiger partial charge in [0.05, 0.1) is 17.3 Å². The lowest BCUT2D eigenvalue weighted by Gasteiger charge is -2.13. The Kier molecular flexibility index (Phi) is 4.98. The van der Waals surface area contributed by atoms with Gasteiger partial charge in [-0.25, -0.2) is 4.98 Å². The Hall–Kier alpha value is -4.07. The molecule has 0 unspecified atom stereocenters. The Labute approximate surface area is 166 Å². The highest BCUT2D eigenvalue weighted by atomic mass is 16.5. The van der Waals surface area contributed by atoms with E-state index in [0.717, 1.165) is 4.90 Å². The molecule has 0 aliphatic carbocycles. The Balaban J connectivity index is 1.31. The van der Waals surface area contributed by atoms with Gasteiger partial charge in [0.2, 0.25) is 11.8 Å². The number of fused-ring (bicyclic) bond motifs is 1.